The second kappa shape index (κ2) is 4.45. The molecule has 1 aliphatic heterocycles. The molecule has 2 aromatic rings. The Bertz CT molecular complexity index is 695. The predicted molar refractivity (Wildman–Crippen MR) is 65.4 cm³/mol. The minimum atomic E-state index is -0.534. The third-order valence-corrected chi connectivity index (χ3v) is 2.59. The summed E-state index contributed by atoms with van der Waals surface area (Å²) in [5.41, 5.74) is -0.0362. The minimum Gasteiger partial charge on any atom is -0.454 e. The van der Waals surface area contributed by atoms with Gasteiger partial charge in [0.05, 0.1) is 6.33 Å². The number of nitrogens with one attached hydrogen (secondary N) is 2. The third kappa shape index (κ3) is 2.13. The number of H-pyrrole nitrogens is 1. The quantitative estimate of drug-likeness (QED) is 0.830. The smallest absolute Gasteiger partial charge is 0.263 e. The number of fused-ring (bicyclic) bond motifs is 1. The molecule has 0 atom stereocenters. The summed E-state index contributed by atoms with van der Waals surface area (Å²) >= 11 is 0. The predicted octanol–water partition coefficient (Wildman–Crippen LogP) is 0.751. The van der Waals surface area contributed by atoms with Crippen molar-refractivity contribution in [2.75, 3.05) is 12.1 Å². The Morgan fingerprint density at radius 1 is 1.32 bits per heavy atom. The molecular formula is C12H9N3O4. The number of amides is 1. The van der Waals surface area contributed by atoms with Crippen LogP contribution in [0.4, 0.5) is 5.69 Å². The Balaban J connectivity index is 1.84. The standard InChI is InChI=1S/C12H9N3O4/c16-11-8(4-13-5-14-11)12(17)15-7-1-2-9-10(3-7)19-6-18-9/h1-5H,6H2,(H,15,17)(H,13,14,16). The molecule has 19 heavy (non-hydrogen) atoms. The second-order valence-electron chi connectivity index (χ2n) is 3.82. The number of carbonyl (C=O) groups is 1. The first kappa shape index (κ1) is 11.3. The van der Waals surface area contributed by atoms with E-state index in [9.17, 15) is 9.59 Å². The fraction of sp³-hybridized carbons (Fsp3) is 0.0833. The zero-order valence-electron chi connectivity index (χ0n) is 9.67. The molecule has 0 bridgehead atoms. The molecule has 1 aliphatic rings. The Kier molecular flexibility index (Phi) is 2.64. The molecule has 0 fully saturated rings. The normalized spacial score (nSPS) is 12.2. The van der Waals surface area contributed by atoms with Crippen LogP contribution in [0.3, 0.4) is 0 Å². The topological polar surface area (TPSA) is 93.3 Å². The molecule has 0 saturated heterocycles. The average molecular weight is 259 g/mol. The number of aromatic nitrogens is 2. The summed E-state index contributed by atoms with van der Waals surface area (Å²) in [5, 5.41) is 2.59. The molecule has 96 valence electrons. The van der Waals surface area contributed by atoms with Gasteiger partial charge in [0.25, 0.3) is 11.5 Å². The number of hydrogen-bond donors (Lipinski definition) is 2. The second-order valence-corrected chi connectivity index (χ2v) is 3.82. The van der Waals surface area contributed by atoms with Crippen LogP contribution in [-0.2, 0) is 0 Å². The van der Waals surface area contributed by atoms with Gasteiger partial charge in [-0.1, -0.05) is 0 Å². The van der Waals surface area contributed by atoms with Crippen molar-refractivity contribution in [3.8, 4) is 11.5 Å². The number of aromatic amines is 1. The van der Waals surface area contributed by atoms with Crippen molar-refractivity contribution >= 4 is 11.6 Å². The summed E-state index contributed by atoms with van der Waals surface area (Å²) in [6.45, 7) is 0.162. The summed E-state index contributed by atoms with van der Waals surface area (Å²) in [5.74, 6) is 0.642. The number of anilines is 1. The summed E-state index contributed by atoms with van der Waals surface area (Å²) in [6.07, 6.45) is 2.43. The van der Waals surface area contributed by atoms with Gasteiger partial charge in [-0.15, -0.1) is 0 Å². The molecule has 0 spiro atoms. The Hall–Kier alpha value is -2.83. The fourth-order valence-corrected chi connectivity index (χ4v) is 1.68. The van der Waals surface area contributed by atoms with E-state index in [-0.39, 0.29) is 12.4 Å². The number of benzene rings is 1. The maximum absolute atomic E-state index is 11.9. The lowest BCUT2D eigenvalue weighted by atomic mass is 10.2. The van der Waals surface area contributed by atoms with Gasteiger partial charge in [-0.2, -0.15) is 0 Å². The summed E-state index contributed by atoms with van der Waals surface area (Å²) in [4.78, 5) is 29.4. The Morgan fingerprint density at radius 3 is 3.00 bits per heavy atom. The van der Waals surface area contributed by atoms with E-state index < -0.39 is 11.5 Å². The van der Waals surface area contributed by atoms with Crippen LogP contribution >= 0.6 is 0 Å². The van der Waals surface area contributed by atoms with Crippen molar-refractivity contribution in [1.82, 2.24) is 9.97 Å². The van der Waals surface area contributed by atoms with Crippen molar-refractivity contribution < 1.29 is 14.3 Å². The molecule has 2 heterocycles. The lowest BCUT2D eigenvalue weighted by Crippen LogP contribution is -2.23. The molecule has 0 unspecified atom stereocenters. The van der Waals surface area contributed by atoms with E-state index in [1.54, 1.807) is 18.2 Å². The van der Waals surface area contributed by atoms with Gasteiger partial charge < -0.3 is 19.8 Å². The SMILES string of the molecule is O=C(Nc1ccc2c(c1)OCO2)c1cnc[nH]c1=O. The number of ether oxygens (including phenoxy) is 2. The van der Waals surface area contributed by atoms with E-state index in [4.69, 9.17) is 9.47 Å². The van der Waals surface area contributed by atoms with Gasteiger partial charge in [0, 0.05) is 18.0 Å². The first-order valence-corrected chi connectivity index (χ1v) is 5.48. The van der Waals surface area contributed by atoms with E-state index in [0.717, 1.165) is 0 Å². The van der Waals surface area contributed by atoms with Crippen LogP contribution in [-0.4, -0.2) is 22.7 Å². The Morgan fingerprint density at radius 2 is 2.16 bits per heavy atom. The molecule has 0 saturated carbocycles. The highest BCUT2D eigenvalue weighted by Gasteiger charge is 2.15. The van der Waals surface area contributed by atoms with E-state index in [2.05, 4.69) is 15.3 Å². The molecule has 0 aliphatic carbocycles. The monoisotopic (exact) mass is 259 g/mol. The Labute approximate surface area is 107 Å². The molecule has 3 rings (SSSR count). The summed E-state index contributed by atoms with van der Waals surface area (Å²) in [6, 6.07) is 4.98. The zero-order valence-corrected chi connectivity index (χ0v) is 9.67. The molecule has 7 heteroatoms. The lowest BCUT2D eigenvalue weighted by Gasteiger charge is -2.05. The van der Waals surface area contributed by atoms with Crippen LogP contribution in [0.5, 0.6) is 11.5 Å². The van der Waals surface area contributed by atoms with E-state index in [0.29, 0.717) is 17.2 Å². The average Bonchev–Trinajstić information content (AvgIpc) is 2.86. The molecule has 7 nitrogen and oxygen atoms in total. The van der Waals surface area contributed by atoms with Gasteiger partial charge >= 0.3 is 0 Å². The van der Waals surface area contributed by atoms with Gasteiger partial charge in [0.2, 0.25) is 6.79 Å². The highest BCUT2D eigenvalue weighted by Crippen LogP contribution is 2.34. The largest absolute Gasteiger partial charge is 0.454 e. The number of rotatable bonds is 2. The van der Waals surface area contributed by atoms with Crippen LogP contribution in [0, 0.1) is 0 Å². The van der Waals surface area contributed by atoms with E-state index in [1.807, 2.05) is 0 Å². The van der Waals surface area contributed by atoms with Gasteiger partial charge in [-0.05, 0) is 12.1 Å². The van der Waals surface area contributed by atoms with Crippen LogP contribution < -0.4 is 20.3 Å². The van der Waals surface area contributed by atoms with E-state index >= 15 is 0 Å². The zero-order chi connectivity index (χ0) is 13.2. The lowest BCUT2D eigenvalue weighted by molar-refractivity contribution is 0.102. The summed E-state index contributed by atoms with van der Waals surface area (Å²) in [7, 11) is 0. The third-order valence-electron chi connectivity index (χ3n) is 2.59. The highest BCUT2D eigenvalue weighted by molar-refractivity contribution is 6.03. The van der Waals surface area contributed by atoms with Crippen LogP contribution in [0.25, 0.3) is 0 Å². The molecule has 1 aromatic carbocycles. The molecule has 0 radical (unpaired) electrons. The van der Waals surface area contributed by atoms with Gasteiger partial charge in [0.1, 0.15) is 5.56 Å². The van der Waals surface area contributed by atoms with Gasteiger partial charge in [0.15, 0.2) is 11.5 Å². The van der Waals surface area contributed by atoms with Crippen LogP contribution in [0.1, 0.15) is 10.4 Å². The van der Waals surface area contributed by atoms with Gasteiger partial charge in [-0.25, -0.2) is 4.98 Å². The molecule has 1 aromatic heterocycles. The van der Waals surface area contributed by atoms with Crippen molar-refractivity contribution in [3.63, 3.8) is 0 Å². The maximum atomic E-state index is 11.9. The number of nitrogens with zero attached hydrogens (tertiary/aromatic N) is 1. The first-order chi connectivity index (χ1) is 9.24. The van der Waals surface area contributed by atoms with Gasteiger partial charge in [-0.3, -0.25) is 9.59 Å². The van der Waals surface area contributed by atoms with Crippen LogP contribution in [0.2, 0.25) is 0 Å². The molecular weight excluding hydrogens is 250 g/mol. The highest BCUT2D eigenvalue weighted by atomic mass is 16.7. The van der Waals surface area contributed by atoms with Crippen molar-refractivity contribution in [2.45, 2.75) is 0 Å². The molecule has 1 amide bonds. The fourth-order valence-electron chi connectivity index (χ4n) is 1.68. The van der Waals surface area contributed by atoms with E-state index in [1.165, 1.54) is 12.5 Å². The maximum Gasteiger partial charge on any atom is 0.263 e. The minimum absolute atomic E-state index is 0.0554. The van der Waals surface area contributed by atoms with Crippen molar-refractivity contribution in [2.24, 2.45) is 0 Å². The summed E-state index contributed by atoms with van der Waals surface area (Å²) < 4.78 is 10.4. The van der Waals surface area contributed by atoms with Crippen molar-refractivity contribution in [1.29, 1.82) is 0 Å². The van der Waals surface area contributed by atoms with Crippen molar-refractivity contribution in [3.05, 3.63) is 46.6 Å². The van der Waals surface area contributed by atoms with Crippen LogP contribution in [0.15, 0.2) is 35.5 Å². The number of hydrogen-bond acceptors (Lipinski definition) is 5. The number of carbonyl (C=O) groups excluding carboxylic acids is 1. The molecule has 2 N–H and O–H groups in total. The first-order valence-electron chi connectivity index (χ1n) is 5.48.